The number of hydrogen-bond donors (Lipinski definition) is 1. The Morgan fingerprint density at radius 1 is 1.08 bits per heavy atom. The molecule has 1 atom stereocenters. The molecule has 9 nitrogen and oxygen atoms in total. The number of nitrogens with zero attached hydrogens (tertiary/aromatic N) is 4. The van der Waals surface area contributed by atoms with E-state index in [2.05, 4.69) is 15.3 Å². The molecule has 0 aliphatic carbocycles. The molecule has 1 N–H and O–H groups in total. The van der Waals surface area contributed by atoms with Crippen molar-refractivity contribution in [2.24, 2.45) is 0 Å². The number of benzene rings is 2. The molecule has 1 unspecified atom stereocenters. The second-order valence-electron chi connectivity index (χ2n) is 10.1. The van der Waals surface area contributed by atoms with Crippen molar-refractivity contribution in [3.05, 3.63) is 77.9 Å². The van der Waals surface area contributed by atoms with Gasteiger partial charge in [-0.25, -0.2) is 19.6 Å². The molecule has 1 aliphatic heterocycles. The molecular weight excluding hydrogens is 470 g/mol. The number of aromatic nitrogens is 3. The first kappa shape index (κ1) is 24.3. The second kappa shape index (κ2) is 9.24. The van der Waals surface area contributed by atoms with Gasteiger partial charge in [0.25, 0.3) is 0 Å². The Morgan fingerprint density at radius 3 is 2.65 bits per heavy atom. The van der Waals surface area contributed by atoms with Crippen molar-refractivity contribution in [1.82, 2.24) is 19.4 Å². The van der Waals surface area contributed by atoms with Gasteiger partial charge >= 0.3 is 12.1 Å². The molecule has 9 heteroatoms. The summed E-state index contributed by atoms with van der Waals surface area (Å²) in [5, 5.41) is 3.76. The van der Waals surface area contributed by atoms with Crippen LogP contribution in [0.1, 0.15) is 50.6 Å². The summed E-state index contributed by atoms with van der Waals surface area (Å²) < 4.78 is 13.3. The van der Waals surface area contributed by atoms with E-state index in [4.69, 9.17) is 9.47 Å². The lowest BCUT2D eigenvalue weighted by Gasteiger charge is -2.27. The molecule has 37 heavy (non-hydrogen) atoms. The van der Waals surface area contributed by atoms with Crippen LogP contribution in [0.3, 0.4) is 0 Å². The summed E-state index contributed by atoms with van der Waals surface area (Å²) in [6.45, 7) is 9.71. The number of carbonyl (C=O) groups is 2. The van der Waals surface area contributed by atoms with E-state index in [1.54, 1.807) is 21.7 Å². The summed E-state index contributed by atoms with van der Waals surface area (Å²) in [5.41, 5.74) is 3.43. The van der Waals surface area contributed by atoms with Crippen molar-refractivity contribution in [1.29, 1.82) is 0 Å². The highest BCUT2D eigenvalue weighted by molar-refractivity contribution is 5.98. The Balaban J connectivity index is 1.36. The van der Waals surface area contributed by atoms with Crippen LogP contribution >= 0.6 is 0 Å². The van der Waals surface area contributed by atoms with Crippen LogP contribution < -0.4 is 10.1 Å². The first-order valence-corrected chi connectivity index (χ1v) is 12.1. The molecule has 0 spiro atoms. The number of ether oxygens (including phenoxy) is 2. The predicted octanol–water partition coefficient (Wildman–Crippen LogP) is 6.42. The Labute approximate surface area is 215 Å². The molecule has 5 rings (SSSR count). The highest BCUT2D eigenvalue weighted by Crippen LogP contribution is 2.39. The normalized spacial score (nSPS) is 14.9. The lowest BCUT2D eigenvalue weighted by atomic mass is 10.1. The maximum absolute atomic E-state index is 12.9. The van der Waals surface area contributed by atoms with Crippen LogP contribution in [0.5, 0.6) is 11.6 Å². The fourth-order valence-corrected chi connectivity index (χ4v) is 4.42. The molecule has 0 fully saturated rings. The zero-order chi connectivity index (χ0) is 26.3. The van der Waals surface area contributed by atoms with Crippen molar-refractivity contribution in [2.75, 3.05) is 5.32 Å². The van der Waals surface area contributed by atoms with Gasteiger partial charge in [-0.05, 0) is 76.6 Å². The monoisotopic (exact) mass is 499 g/mol. The molecule has 1 aliphatic rings. The van der Waals surface area contributed by atoms with Crippen LogP contribution in [0, 0.1) is 6.92 Å². The minimum absolute atomic E-state index is 0.251. The van der Waals surface area contributed by atoms with Crippen molar-refractivity contribution in [3.63, 3.8) is 0 Å². The van der Waals surface area contributed by atoms with Gasteiger partial charge in [-0.2, -0.15) is 0 Å². The maximum atomic E-state index is 12.9. The molecule has 0 saturated heterocycles. The van der Waals surface area contributed by atoms with Crippen LogP contribution in [0.25, 0.3) is 10.9 Å². The third kappa shape index (κ3) is 4.97. The van der Waals surface area contributed by atoms with Gasteiger partial charge in [-0.1, -0.05) is 12.1 Å². The van der Waals surface area contributed by atoms with E-state index in [1.165, 1.54) is 6.33 Å². The van der Waals surface area contributed by atoms with Crippen LogP contribution in [0.2, 0.25) is 0 Å². The third-order valence-electron chi connectivity index (χ3n) is 6.13. The molecule has 2 aromatic heterocycles. The average molecular weight is 500 g/mol. The van der Waals surface area contributed by atoms with E-state index in [0.29, 0.717) is 18.2 Å². The fourth-order valence-electron chi connectivity index (χ4n) is 4.42. The molecule has 2 amide bonds. The van der Waals surface area contributed by atoms with Gasteiger partial charge < -0.3 is 14.8 Å². The minimum Gasteiger partial charge on any atom is -0.444 e. The third-order valence-corrected chi connectivity index (χ3v) is 6.13. The zero-order valence-electron chi connectivity index (χ0n) is 21.5. The van der Waals surface area contributed by atoms with Gasteiger partial charge in [0.2, 0.25) is 5.88 Å². The first-order chi connectivity index (χ1) is 17.6. The van der Waals surface area contributed by atoms with Gasteiger partial charge in [0.15, 0.2) is 0 Å². The number of fused-ring (bicyclic) bond motifs is 2. The van der Waals surface area contributed by atoms with Gasteiger partial charge in [-0.3, -0.25) is 9.47 Å². The number of nitrogens with one attached hydrogen (secondary N) is 1. The maximum Gasteiger partial charge on any atom is 0.411 e. The number of rotatable bonds is 3. The van der Waals surface area contributed by atoms with Gasteiger partial charge in [0.05, 0.1) is 29.4 Å². The quantitative estimate of drug-likeness (QED) is 0.349. The van der Waals surface area contributed by atoms with Gasteiger partial charge in [-0.15, -0.1) is 0 Å². The SMILES string of the molecule is Cc1cccc(NC(=O)n2ccc3cc(Oc4ncnc5c4C(C)N(C(=O)OC(C)(C)C)C5)ccc32)c1. The Hall–Kier alpha value is -4.40. The highest BCUT2D eigenvalue weighted by atomic mass is 16.6. The lowest BCUT2D eigenvalue weighted by Crippen LogP contribution is -2.35. The van der Waals surface area contributed by atoms with E-state index in [0.717, 1.165) is 33.4 Å². The van der Waals surface area contributed by atoms with Gasteiger partial charge in [0.1, 0.15) is 17.7 Å². The smallest absolute Gasteiger partial charge is 0.411 e. The van der Waals surface area contributed by atoms with Crippen molar-refractivity contribution < 1.29 is 19.1 Å². The summed E-state index contributed by atoms with van der Waals surface area (Å²) in [6.07, 6.45) is 2.75. The summed E-state index contributed by atoms with van der Waals surface area (Å²) in [6, 6.07) is 14.4. The Kier molecular flexibility index (Phi) is 6.07. The summed E-state index contributed by atoms with van der Waals surface area (Å²) in [4.78, 5) is 35.9. The molecule has 0 radical (unpaired) electrons. The van der Waals surface area contributed by atoms with Crippen LogP contribution in [0.15, 0.2) is 61.1 Å². The lowest BCUT2D eigenvalue weighted by molar-refractivity contribution is 0.0185. The van der Waals surface area contributed by atoms with E-state index in [1.807, 2.05) is 77.1 Å². The average Bonchev–Trinajstić information content (AvgIpc) is 3.39. The molecule has 2 aromatic carbocycles. The molecular formula is C28H29N5O4. The summed E-state index contributed by atoms with van der Waals surface area (Å²) in [7, 11) is 0. The summed E-state index contributed by atoms with van der Waals surface area (Å²) in [5.74, 6) is 0.952. The molecule has 0 saturated carbocycles. The molecule has 190 valence electrons. The van der Waals surface area contributed by atoms with Crippen LogP contribution in [-0.2, 0) is 11.3 Å². The van der Waals surface area contributed by atoms with Gasteiger partial charge in [0, 0.05) is 17.3 Å². The first-order valence-electron chi connectivity index (χ1n) is 12.1. The Morgan fingerprint density at radius 2 is 1.89 bits per heavy atom. The highest BCUT2D eigenvalue weighted by Gasteiger charge is 2.37. The number of carbonyl (C=O) groups excluding carboxylic acids is 2. The largest absolute Gasteiger partial charge is 0.444 e. The topological polar surface area (TPSA) is 98.6 Å². The zero-order valence-corrected chi connectivity index (χ0v) is 21.5. The van der Waals surface area contributed by atoms with Crippen molar-refractivity contribution in [3.8, 4) is 11.6 Å². The van der Waals surface area contributed by atoms with Crippen LogP contribution in [0.4, 0.5) is 15.3 Å². The second-order valence-corrected chi connectivity index (χ2v) is 10.1. The van der Waals surface area contributed by atoms with Crippen LogP contribution in [-0.4, -0.2) is 37.2 Å². The van der Waals surface area contributed by atoms with E-state index < -0.39 is 11.7 Å². The van der Waals surface area contributed by atoms with Crippen molar-refractivity contribution >= 4 is 28.7 Å². The Bertz CT molecular complexity index is 1500. The van der Waals surface area contributed by atoms with Crippen molar-refractivity contribution in [2.45, 2.75) is 52.8 Å². The number of amides is 2. The summed E-state index contributed by atoms with van der Waals surface area (Å²) >= 11 is 0. The van der Waals surface area contributed by atoms with E-state index in [-0.39, 0.29) is 12.1 Å². The molecule has 4 aromatic rings. The number of anilines is 1. The van der Waals surface area contributed by atoms with E-state index >= 15 is 0 Å². The number of aryl methyl sites for hydroxylation is 1. The molecule has 0 bridgehead atoms. The van der Waals surface area contributed by atoms with E-state index in [9.17, 15) is 9.59 Å². The standard InChI is InChI=1S/C28H29N5O4/c1-17-7-6-8-20(13-17)31-26(34)32-12-11-19-14-21(9-10-23(19)32)36-25-24-18(2)33(15-22(24)29-16-30-25)27(35)37-28(3,4)5/h6-14,16,18H,15H2,1-5H3,(H,31,34). The molecule has 3 heterocycles. The minimum atomic E-state index is -0.598. The predicted molar refractivity (Wildman–Crippen MR) is 140 cm³/mol. The number of hydrogen-bond acceptors (Lipinski definition) is 6. The fraction of sp³-hybridized carbons (Fsp3) is 0.286.